The first kappa shape index (κ1) is 16.3. The van der Waals surface area contributed by atoms with Crippen LogP contribution in [-0.2, 0) is 4.79 Å². The van der Waals surface area contributed by atoms with Gasteiger partial charge in [0.2, 0.25) is 5.91 Å². The van der Waals surface area contributed by atoms with E-state index in [1.165, 1.54) is 4.52 Å². The average Bonchev–Trinajstić information content (AvgIpc) is 2.93. The van der Waals surface area contributed by atoms with E-state index >= 15 is 0 Å². The van der Waals surface area contributed by atoms with Crippen LogP contribution in [0, 0.1) is 6.92 Å². The molecule has 2 aromatic heterocycles. The third-order valence-corrected chi connectivity index (χ3v) is 5.26. The van der Waals surface area contributed by atoms with Gasteiger partial charge < -0.3 is 9.80 Å². The van der Waals surface area contributed by atoms with Gasteiger partial charge in [-0.2, -0.15) is 5.10 Å². The number of amides is 2. The largest absolute Gasteiger partial charge is 0.343 e. The molecule has 132 valence electrons. The van der Waals surface area contributed by atoms with Crippen molar-refractivity contribution in [2.24, 2.45) is 0 Å². The van der Waals surface area contributed by atoms with Crippen LogP contribution in [0.25, 0.3) is 5.65 Å². The zero-order valence-corrected chi connectivity index (χ0v) is 14.9. The molecular weight excluding hydrogens is 344 g/mol. The Morgan fingerprint density at radius 1 is 1.28 bits per heavy atom. The van der Waals surface area contributed by atoms with Crippen molar-refractivity contribution in [1.82, 2.24) is 29.3 Å². The lowest BCUT2D eigenvalue weighted by Crippen LogP contribution is -2.64. The molecule has 2 aliphatic heterocycles. The van der Waals surface area contributed by atoms with Crippen molar-refractivity contribution in [3.8, 4) is 0 Å². The molecule has 0 aromatic carbocycles. The third kappa shape index (κ3) is 2.65. The third-order valence-electron chi connectivity index (χ3n) is 4.91. The van der Waals surface area contributed by atoms with Crippen LogP contribution >= 0.6 is 11.6 Å². The van der Waals surface area contributed by atoms with Crippen LogP contribution in [0.2, 0.25) is 5.02 Å². The van der Waals surface area contributed by atoms with Gasteiger partial charge in [-0.15, -0.1) is 0 Å². The Kier molecular flexibility index (Phi) is 3.88. The summed E-state index contributed by atoms with van der Waals surface area (Å²) < 4.78 is 1.53. The number of carbonyl (C=O) groups excluding carboxylic acids is 2. The predicted molar refractivity (Wildman–Crippen MR) is 91.6 cm³/mol. The Morgan fingerprint density at radius 3 is 2.84 bits per heavy atom. The number of piperazine rings is 2. The van der Waals surface area contributed by atoms with Crippen LogP contribution < -0.4 is 0 Å². The minimum Gasteiger partial charge on any atom is -0.343 e. The van der Waals surface area contributed by atoms with Crippen LogP contribution in [-0.4, -0.2) is 86.9 Å². The molecule has 1 atom stereocenters. The summed E-state index contributed by atoms with van der Waals surface area (Å²) in [6.07, 6.45) is 3.47. The van der Waals surface area contributed by atoms with E-state index in [0.717, 1.165) is 18.7 Å². The number of fused-ring (bicyclic) bond motifs is 2. The van der Waals surface area contributed by atoms with E-state index in [2.05, 4.69) is 15.0 Å². The standard InChI is InChI=1S/C16H19ClN6O2/c1-10-7-18-14-12(17)13(19-23(14)8-10)16(25)22-6-5-21-4-3-20(2)15(24)11(21)9-22/h7-8,11H,3-6,9H2,1-2H3/t11-/m1/s1. The lowest BCUT2D eigenvalue weighted by atomic mass is 10.1. The Balaban J connectivity index is 1.61. The SMILES string of the molecule is Cc1cnc2c(Cl)c(C(=O)N3CCN4CCN(C)C(=O)[C@H]4C3)nn2c1. The minimum absolute atomic E-state index is 0.0575. The van der Waals surface area contributed by atoms with E-state index in [-0.39, 0.29) is 28.6 Å². The highest BCUT2D eigenvalue weighted by Crippen LogP contribution is 2.24. The molecule has 2 aliphatic rings. The summed E-state index contributed by atoms with van der Waals surface area (Å²) in [7, 11) is 1.80. The molecule has 4 rings (SSSR count). The minimum atomic E-state index is -0.285. The number of halogens is 1. The maximum Gasteiger partial charge on any atom is 0.276 e. The van der Waals surface area contributed by atoms with Crippen LogP contribution in [0.5, 0.6) is 0 Å². The van der Waals surface area contributed by atoms with Crippen LogP contribution in [0.1, 0.15) is 16.1 Å². The molecule has 0 unspecified atom stereocenters. The van der Waals surface area contributed by atoms with Crippen LogP contribution in [0.15, 0.2) is 12.4 Å². The van der Waals surface area contributed by atoms with E-state index in [0.29, 0.717) is 25.3 Å². The fourth-order valence-corrected chi connectivity index (χ4v) is 3.69. The smallest absolute Gasteiger partial charge is 0.276 e. The fourth-order valence-electron chi connectivity index (χ4n) is 3.44. The summed E-state index contributed by atoms with van der Waals surface area (Å²) >= 11 is 6.33. The molecule has 2 fully saturated rings. The number of likely N-dealkylation sites (N-methyl/N-ethyl adjacent to an activating group) is 1. The normalized spacial score (nSPS) is 21.7. The maximum absolute atomic E-state index is 12.9. The number of hydrogen-bond acceptors (Lipinski definition) is 5. The summed E-state index contributed by atoms with van der Waals surface area (Å²) in [4.78, 5) is 35.1. The monoisotopic (exact) mass is 362 g/mol. The molecule has 25 heavy (non-hydrogen) atoms. The maximum atomic E-state index is 12.9. The van der Waals surface area contributed by atoms with E-state index in [9.17, 15) is 9.59 Å². The van der Waals surface area contributed by atoms with Crippen molar-refractivity contribution in [2.75, 3.05) is 39.8 Å². The molecule has 4 heterocycles. The molecule has 2 saturated heterocycles. The van der Waals surface area contributed by atoms with Gasteiger partial charge in [-0.1, -0.05) is 11.6 Å². The summed E-state index contributed by atoms with van der Waals surface area (Å²) in [5.41, 5.74) is 1.57. The number of aryl methyl sites for hydroxylation is 1. The Labute approximate surface area is 150 Å². The Hall–Kier alpha value is -2.19. The lowest BCUT2D eigenvalue weighted by molar-refractivity contribution is -0.142. The van der Waals surface area contributed by atoms with Crippen molar-refractivity contribution in [1.29, 1.82) is 0 Å². The molecule has 0 spiro atoms. The van der Waals surface area contributed by atoms with Crippen molar-refractivity contribution < 1.29 is 9.59 Å². The molecular formula is C16H19ClN6O2. The van der Waals surface area contributed by atoms with E-state index in [1.54, 1.807) is 29.2 Å². The first-order valence-electron chi connectivity index (χ1n) is 8.24. The van der Waals surface area contributed by atoms with Crippen molar-refractivity contribution in [2.45, 2.75) is 13.0 Å². The number of aromatic nitrogens is 3. The second kappa shape index (κ2) is 5.96. The quantitative estimate of drug-likeness (QED) is 0.729. The molecule has 0 saturated carbocycles. The Bertz CT molecular complexity index is 866. The van der Waals surface area contributed by atoms with Gasteiger partial charge in [0.05, 0.1) is 0 Å². The zero-order chi connectivity index (χ0) is 17.7. The molecule has 0 bridgehead atoms. The first-order chi connectivity index (χ1) is 12.0. The van der Waals surface area contributed by atoms with Gasteiger partial charge in [-0.3, -0.25) is 14.5 Å². The highest BCUT2D eigenvalue weighted by atomic mass is 35.5. The number of carbonyl (C=O) groups is 2. The Morgan fingerprint density at radius 2 is 2.04 bits per heavy atom. The molecule has 9 heteroatoms. The van der Waals surface area contributed by atoms with Crippen molar-refractivity contribution >= 4 is 29.1 Å². The van der Waals surface area contributed by atoms with Gasteiger partial charge >= 0.3 is 0 Å². The van der Waals surface area contributed by atoms with Crippen molar-refractivity contribution in [3.63, 3.8) is 0 Å². The molecule has 2 amide bonds. The van der Waals surface area contributed by atoms with Crippen LogP contribution in [0.4, 0.5) is 0 Å². The second-order valence-corrected chi connectivity index (χ2v) is 7.00. The van der Waals surface area contributed by atoms with Crippen molar-refractivity contribution in [3.05, 3.63) is 28.7 Å². The number of hydrogen-bond donors (Lipinski definition) is 0. The molecule has 8 nitrogen and oxygen atoms in total. The summed E-state index contributed by atoms with van der Waals surface area (Å²) in [5, 5.41) is 4.56. The molecule has 0 radical (unpaired) electrons. The van der Waals surface area contributed by atoms with Gasteiger partial charge in [0, 0.05) is 52.2 Å². The second-order valence-electron chi connectivity index (χ2n) is 6.62. The van der Waals surface area contributed by atoms with Gasteiger partial charge in [-0.05, 0) is 12.5 Å². The van der Waals surface area contributed by atoms with E-state index in [1.807, 2.05) is 6.92 Å². The molecule has 0 N–H and O–H groups in total. The average molecular weight is 363 g/mol. The van der Waals surface area contributed by atoms with E-state index < -0.39 is 0 Å². The predicted octanol–water partition coefficient (Wildman–Crippen LogP) is 0.290. The van der Waals surface area contributed by atoms with Gasteiger partial charge in [0.1, 0.15) is 11.1 Å². The first-order valence-corrected chi connectivity index (χ1v) is 8.62. The van der Waals surface area contributed by atoms with E-state index in [4.69, 9.17) is 11.6 Å². The van der Waals surface area contributed by atoms with Crippen LogP contribution in [0.3, 0.4) is 0 Å². The highest BCUT2D eigenvalue weighted by Gasteiger charge is 2.39. The zero-order valence-electron chi connectivity index (χ0n) is 14.1. The summed E-state index contributed by atoms with van der Waals surface area (Å²) in [6, 6.07) is -0.285. The fraction of sp³-hybridized carbons (Fsp3) is 0.500. The number of rotatable bonds is 1. The highest BCUT2D eigenvalue weighted by molar-refractivity contribution is 6.36. The van der Waals surface area contributed by atoms with Gasteiger partial charge in [0.15, 0.2) is 11.3 Å². The topological polar surface area (TPSA) is 74.1 Å². The molecule has 0 aliphatic carbocycles. The van der Waals surface area contributed by atoms with Gasteiger partial charge in [0.25, 0.3) is 5.91 Å². The lowest BCUT2D eigenvalue weighted by Gasteiger charge is -2.45. The molecule has 2 aromatic rings. The summed E-state index contributed by atoms with van der Waals surface area (Å²) in [5.74, 6) is -0.198. The van der Waals surface area contributed by atoms with Gasteiger partial charge in [-0.25, -0.2) is 9.50 Å². The number of nitrogens with zero attached hydrogens (tertiary/aromatic N) is 6. The summed E-state index contributed by atoms with van der Waals surface area (Å²) in [6.45, 7) is 5.06.